The quantitative estimate of drug-likeness (QED) is 0.0308. The average molecular weight is 947 g/mol. The van der Waals surface area contributed by atoms with Crippen LogP contribution in [0.5, 0.6) is 0 Å². The van der Waals surface area contributed by atoms with Gasteiger partial charge in [0.2, 0.25) is 5.91 Å². The highest BCUT2D eigenvalue weighted by molar-refractivity contribution is 5.80. The zero-order valence-corrected chi connectivity index (χ0v) is 45.2. The van der Waals surface area contributed by atoms with Crippen LogP contribution in [0.25, 0.3) is 0 Å². The lowest BCUT2D eigenvalue weighted by Crippen LogP contribution is -2.53. The van der Waals surface area contributed by atoms with E-state index in [2.05, 4.69) is 43.5 Å². The third kappa shape index (κ3) is 49.6. The summed E-state index contributed by atoms with van der Waals surface area (Å²) in [6, 6.07) is -1.01. The molecular weight excluding hydrogens is 827 g/mol. The van der Waals surface area contributed by atoms with Crippen LogP contribution in [0.4, 0.5) is 0 Å². The van der Waals surface area contributed by atoms with E-state index in [1.54, 1.807) is 0 Å². The molecular formula is C61H119NO5. The fraction of sp³-hybridized carbons (Fsp3) is 0.918. The Labute approximate surface area is 418 Å². The first kappa shape index (κ1) is 65.8. The largest absolute Gasteiger partial charge is 0.394 e. The van der Waals surface area contributed by atoms with Gasteiger partial charge in [0.05, 0.1) is 18.8 Å². The van der Waals surface area contributed by atoms with Crippen LogP contribution >= 0.6 is 0 Å². The van der Waals surface area contributed by atoms with Gasteiger partial charge >= 0.3 is 0 Å². The van der Waals surface area contributed by atoms with Crippen LogP contribution in [-0.4, -0.2) is 57.3 Å². The van der Waals surface area contributed by atoms with Gasteiger partial charge in [-0.05, 0) is 51.4 Å². The summed E-state index contributed by atoms with van der Waals surface area (Å²) < 4.78 is 0. The zero-order valence-electron chi connectivity index (χ0n) is 45.2. The van der Waals surface area contributed by atoms with E-state index in [0.29, 0.717) is 19.3 Å². The molecule has 0 aromatic heterocycles. The third-order valence-corrected chi connectivity index (χ3v) is 14.4. The van der Waals surface area contributed by atoms with E-state index in [9.17, 15) is 25.2 Å². The highest BCUT2D eigenvalue weighted by atomic mass is 16.3. The minimum absolute atomic E-state index is 0.364. The van der Waals surface area contributed by atoms with Crippen molar-refractivity contribution in [1.82, 2.24) is 5.32 Å². The molecule has 1 amide bonds. The molecule has 0 fully saturated rings. The summed E-state index contributed by atoms with van der Waals surface area (Å²) in [7, 11) is 0. The number of hydrogen-bond donors (Lipinski definition) is 5. The van der Waals surface area contributed by atoms with Crippen LogP contribution in [0.3, 0.4) is 0 Å². The Morgan fingerprint density at radius 3 is 0.940 bits per heavy atom. The van der Waals surface area contributed by atoms with E-state index < -0.39 is 36.9 Å². The van der Waals surface area contributed by atoms with Gasteiger partial charge in [-0.25, -0.2) is 0 Å². The molecule has 0 saturated carbocycles. The maximum Gasteiger partial charge on any atom is 0.249 e. The first-order valence-electron chi connectivity index (χ1n) is 30.2. The standard InChI is InChI=1S/C61H119NO5/c1-3-5-7-9-11-13-15-17-19-21-23-25-26-27-28-29-30-31-32-33-34-35-37-38-40-42-44-46-48-50-52-54-58(64)60(66)57(56-63)62-61(67)59(65)55-53-51-49-47-45-43-41-39-36-24-22-20-18-16-14-12-10-8-6-4-2/h38,40,46,48,57-60,63-66H,3-37,39,41-45,47,49-56H2,1-2H3,(H,62,67)/b40-38+,48-46+. The van der Waals surface area contributed by atoms with Gasteiger partial charge < -0.3 is 25.7 Å². The molecule has 4 unspecified atom stereocenters. The minimum Gasteiger partial charge on any atom is -0.394 e. The van der Waals surface area contributed by atoms with Crippen molar-refractivity contribution in [2.24, 2.45) is 0 Å². The van der Waals surface area contributed by atoms with Crippen molar-refractivity contribution < 1.29 is 25.2 Å². The fourth-order valence-electron chi connectivity index (χ4n) is 9.66. The Bertz CT molecular complexity index is 1020. The van der Waals surface area contributed by atoms with E-state index in [1.807, 2.05) is 0 Å². The number of aliphatic hydroxyl groups excluding tert-OH is 4. The molecule has 0 aromatic rings. The van der Waals surface area contributed by atoms with Crippen LogP contribution in [0.1, 0.15) is 328 Å². The van der Waals surface area contributed by atoms with Gasteiger partial charge in [0.25, 0.3) is 0 Å². The van der Waals surface area contributed by atoms with E-state index in [4.69, 9.17) is 0 Å². The molecule has 67 heavy (non-hydrogen) atoms. The Balaban J connectivity index is 3.63. The number of unbranched alkanes of at least 4 members (excludes halogenated alkanes) is 43. The first-order chi connectivity index (χ1) is 33.0. The van der Waals surface area contributed by atoms with Crippen LogP contribution in [0.2, 0.25) is 0 Å². The number of allylic oxidation sites excluding steroid dienone is 4. The van der Waals surface area contributed by atoms with E-state index in [0.717, 1.165) is 38.5 Å². The number of aliphatic hydroxyl groups is 4. The molecule has 0 aliphatic rings. The molecule has 398 valence electrons. The number of carbonyl (C=O) groups excluding carboxylic acids is 1. The first-order valence-corrected chi connectivity index (χ1v) is 30.2. The fourth-order valence-corrected chi connectivity index (χ4v) is 9.66. The predicted octanol–water partition coefficient (Wildman–Crippen LogP) is 17.8. The summed E-state index contributed by atoms with van der Waals surface area (Å²) in [5, 5.41) is 44.0. The average Bonchev–Trinajstić information content (AvgIpc) is 3.33. The van der Waals surface area contributed by atoms with Gasteiger partial charge in [-0.2, -0.15) is 0 Å². The smallest absolute Gasteiger partial charge is 0.249 e. The van der Waals surface area contributed by atoms with Gasteiger partial charge in [-0.3, -0.25) is 4.79 Å². The van der Waals surface area contributed by atoms with Crippen LogP contribution in [0.15, 0.2) is 24.3 Å². The molecule has 6 nitrogen and oxygen atoms in total. The Morgan fingerprint density at radius 2 is 0.627 bits per heavy atom. The molecule has 0 saturated heterocycles. The highest BCUT2D eigenvalue weighted by Gasteiger charge is 2.28. The van der Waals surface area contributed by atoms with Gasteiger partial charge in [-0.15, -0.1) is 0 Å². The number of carbonyl (C=O) groups is 1. The lowest BCUT2D eigenvalue weighted by molar-refractivity contribution is -0.132. The summed E-state index contributed by atoms with van der Waals surface area (Å²) in [5.74, 6) is -0.592. The summed E-state index contributed by atoms with van der Waals surface area (Å²) in [6.45, 7) is 4.08. The number of amides is 1. The molecule has 0 aliphatic heterocycles. The maximum atomic E-state index is 12.6. The monoisotopic (exact) mass is 946 g/mol. The highest BCUT2D eigenvalue weighted by Crippen LogP contribution is 2.18. The molecule has 0 bridgehead atoms. The van der Waals surface area contributed by atoms with Gasteiger partial charge in [-0.1, -0.05) is 301 Å². The van der Waals surface area contributed by atoms with Crippen molar-refractivity contribution >= 4 is 5.91 Å². The molecule has 0 aliphatic carbocycles. The van der Waals surface area contributed by atoms with E-state index in [1.165, 1.54) is 257 Å². The predicted molar refractivity (Wildman–Crippen MR) is 293 cm³/mol. The SMILES string of the molecule is CCCCCCCCCCCCCCCCCCCCCCCC/C=C/CC/C=C/CCCC(O)C(O)C(CO)NC(=O)C(O)CCCCCCCCCCCCCCCCCCCCCC. The minimum atomic E-state index is -1.29. The van der Waals surface area contributed by atoms with Crippen molar-refractivity contribution in [3.63, 3.8) is 0 Å². The van der Waals surface area contributed by atoms with Crippen molar-refractivity contribution in [3.05, 3.63) is 24.3 Å². The lowest BCUT2D eigenvalue weighted by Gasteiger charge is -2.27. The van der Waals surface area contributed by atoms with Gasteiger partial charge in [0.1, 0.15) is 12.2 Å². The van der Waals surface area contributed by atoms with Gasteiger partial charge in [0.15, 0.2) is 0 Å². The maximum absolute atomic E-state index is 12.6. The zero-order chi connectivity index (χ0) is 48.8. The van der Waals surface area contributed by atoms with Crippen LogP contribution in [0, 0.1) is 0 Å². The molecule has 4 atom stereocenters. The topological polar surface area (TPSA) is 110 Å². The molecule has 6 heteroatoms. The normalized spacial score (nSPS) is 13.8. The number of hydrogen-bond acceptors (Lipinski definition) is 5. The molecule has 0 radical (unpaired) electrons. The lowest BCUT2D eigenvalue weighted by atomic mass is 10.00. The van der Waals surface area contributed by atoms with Crippen molar-refractivity contribution in [1.29, 1.82) is 0 Å². The molecule has 5 N–H and O–H groups in total. The second kappa shape index (κ2) is 55.7. The second-order valence-electron chi connectivity index (χ2n) is 21.0. The number of rotatable bonds is 56. The van der Waals surface area contributed by atoms with Crippen molar-refractivity contribution in [3.8, 4) is 0 Å². The van der Waals surface area contributed by atoms with Gasteiger partial charge in [0, 0.05) is 0 Å². The van der Waals surface area contributed by atoms with Crippen LogP contribution in [-0.2, 0) is 4.79 Å². The summed E-state index contributed by atoms with van der Waals surface area (Å²) in [6.07, 6.45) is 68.4. The number of nitrogens with one attached hydrogen (secondary N) is 1. The Hall–Kier alpha value is -1.21. The Morgan fingerprint density at radius 1 is 0.358 bits per heavy atom. The van der Waals surface area contributed by atoms with E-state index in [-0.39, 0.29) is 0 Å². The third-order valence-electron chi connectivity index (χ3n) is 14.4. The van der Waals surface area contributed by atoms with E-state index >= 15 is 0 Å². The summed E-state index contributed by atoms with van der Waals surface area (Å²) in [4.78, 5) is 12.6. The molecule has 0 rings (SSSR count). The molecule has 0 aromatic carbocycles. The Kier molecular flexibility index (Phi) is 54.7. The summed E-state index contributed by atoms with van der Waals surface area (Å²) >= 11 is 0. The van der Waals surface area contributed by atoms with Crippen molar-refractivity contribution in [2.75, 3.05) is 6.61 Å². The van der Waals surface area contributed by atoms with Crippen molar-refractivity contribution in [2.45, 2.75) is 353 Å². The summed E-state index contributed by atoms with van der Waals surface area (Å²) in [5.41, 5.74) is 0. The second-order valence-corrected chi connectivity index (χ2v) is 21.0. The van der Waals surface area contributed by atoms with Crippen LogP contribution < -0.4 is 5.32 Å². The molecule has 0 heterocycles. The molecule has 0 spiro atoms.